The second-order valence-corrected chi connectivity index (χ2v) is 0.226. The highest BCUT2D eigenvalue weighted by atomic mass is 127. The van der Waals surface area contributed by atoms with Crippen LogP contribution < -0.4 is 0 Å². The van der Waals surface area contributed by atoms with Crippen molar-refractivity contribution in [2.75, 3.05) is 0 Å². The maximum atomic E-state index is 9.69. The second kappa shape index (κ2) is 4.26. The topological polar surface area (TPSA) is 17.1 Å². The molecule has 0 fully saturated rings. The summed E-state index contributed by atoms with van der Waals surface area (Å²) >= 11 is 0. The predicted molar refractivity (Wildman–Crippen MR) is 23.0 cm³/mol. The SMILES string of the molecule is I.O=C(F)F. The van der Waals surface area contributed by atoms with Gasteiger partial charge in [0, 0.05) is 0 Å². The Balaban J connectivity index is 0. The van der Waals surface area contributed by atoms with Crippen LogP contribution in [0.2, 0.25) is 0 Å². The first-order chi connectivity index (χ1) is 1.73. The van der Waals surface area contributed by atoms with Gasteiger partial charge in [0.2, 0.25) is 0 Å². The fraction of sp³-hybridized carbons (Fsp3) is 0. The van der Waals surface area contributed by atoms with Crippen molar-refractivity contribution in [2.24, 2.45) is 0 Å². The first-order valence-electron chi connectivity index (χ1n) is 0.582. The Bertz CT molecular complexity index is 32.6. The number of carbonyl (C=O) groups is 1. The monoisotopic (exact) mass is 194 g/mol. The molecule has 4 heteroatoms. The van der Waals surface area contributed by atoms with Crippen LogP contribution in [-0.2, 0) is 0 Å². The first-order valence-corrected chi connectivity index (χ1v) is 0.582. The molecular weight excluding hydrogens is 193 g/mol. The fourth-order valence-corrected chi connectivity index (χ4v) is 0. The molecule has 32 valence electrons. The van der Waals surface area contributed by atoms with Gasteiger partial charge in [-0.3, -0.25) is 0 Å². The van der Waals surface area contributed by atoms with Crippen LogP contribution in [0.15, 0.2) is 0 Å². The van der Waals surface area contributed by atoms with E-state index in [2.05, 4.69) is 0 Å². The highest BCUT2D eigenvalue weighted by Gasteiger charge is 1.78. The summed E-state index contributed by atoms with van der Waals surface area (Å²) < 4.78 is 19.4. The van der Waals surface area contributed by atoms with Gasteiger partial charge in [-0.2, -0.15) is 0 Å². The molecule has 0 aliphatic rings. The molecule has 0 radical (unpaired) electrons. The second-order valence-electron chi connectivity index (χ2n) is 0.226. The third kappa shape index (κ3) is 322. The van der Waals surface area contributed by atoms with Gasteiger partial charge in [0.1, 0.15) is 0 Å². The van der Waals surface area contributed by atoms with Crippen LogP contribution in [0.4, 0.5) is 13.6 Å². The standard InChI is InChI=1S/CF2O.HI/c2-1(3)4;/h;1H. The van der Waals surface area contributed by atoms with Crippen molar-refractivity contribution < 1.29 is 13.6 Å². The lowest BCUT2D eigenvalue weighted by molar-refractivity contribution is 0.199. The third-order valence-corrected chi connectivity index (χ3v) is 0. The Hall–Kier alpha value is 0.260. The number of carbonyl (C=O) groups excluding carboxylic acids is 1. The molecule has 0 aromatic rings. The molecule has 0 aliphatic heterocycles. The number of hydrogen-bond acceptors (Lipinski definition) is 1. The third-order valence-electron chi connectivity index (χ3n) is 0. The molecule has 0 aliphatic carbocycles. The van der Waals surface area contributed by atoms with E-state index in [-0.39, 0.29) is 24.0 Å². The lowest BCUT2D eigenvalue weighted by atomic mass is 11.6. The van der Waals surface area contributed by atoms with Gasteiger partial charge in [0.05, 0.1) is 0 Å². The molecule has 0 bridgehead atoms. The van der Waals surface area contributed by atoms with E-state index >= 15 is 0 Å². The molecule has 0 saturated carbocycles. The van der Waals surface area contributed by atoms with E-state index in [1.54, 1.807) is 0 Å². The highest BCUT2D eigenvalue weighted by Crippen LogP contribution is 1.70. The summed E-state index contributed by atoms with van der Waals surface area (Å²) in [5, 5.41) is 0. The smallest absolute Gasteiger partial charge is 0.219 e. The summed E-state index contributed by atoms with van der Waals surface area (Å²) in [6.45, 7) is 0. The van der Waals surface area contributed by atoms with E-state index in [0.29, 0.717) is 0 Å². The van der Waals surface area contributed by atoms with E-state index in [1.807, 2.05) is 0 Å². The van der Waals surface area contributed by atoms with Gasteiger partial charge in [-0.05, 0) is 0 Å². The molecule has 0 amide bonds. The van der Waals surface area contributed by atoms with Crippen molar-refractivity contribution >= 4 is 30.3 Å². The van der Waals surface area contributed by atoms with Gasteiger partial charge in [-0.1, -0.05) is 0 Å². The molecule has 0 N–H and O–H groups in total. The molecule has 0 aromatic carbocycles. The van der Waals surface area contributed by atoms with Crippen LogP contribution in [0.1, 0.15) is 0 Å². The summed E-state index contributed by atoms with van der Waals surface area (Å²) in [7, 11) is 0. The number of hydrogen-bond donors (Lipinski definition) is 0. The first kappa shape index (κ1) is 8.98. The molecule has 0 saturated heterocycles. The predicted octanol–water partition coefficient (Wildman–Crippen LogP) is 1.66. The molecule has 1 nitrogen and oxygen atoms in total. The van der Waals surface area contributed by atoms with E-state index < -0.39 is 6.29 Å². The normalized spacial score (nSPS) is 5.20. The van der Waals surface area contributed by atoms with Crippen molar-refractivity contribution in [3.8, 4) is 0 Å². The lowest BCUT2D eigenvalue weighted by Crippen LogP contribution is -1.54. The Morgan fingerprint density at radius 1 is 1.40 bits per heavy atom. The Morgan fingerprint density at radius 3 is 1.40 bits per heavy atom. The number of halogens is 3. The zero-order valence-corrected chi connectivity index (χ0v) is 4.40. The van der Waals surface area contributed by atoms with E-state index in [0.717, 1.165) is 0 Å². The van der Waals surface area contributed by atoms with E-state index in [9.17, 15) is 8.78 Å². The Morgan fingerprint density at radius 2 is 1.40 bits per heavy atom. The van der Waals surface area contributed by atoms with Crippen molar-refractivity contribution in [2.45, 2.75) is 0 Å². The zero-order chi connectivity index (χ0) is 3.58. The van der Waals surface area contributed by atoms with Gasteiger partial charge in [-0.15, -0.1) is 32.8 Å². The lowest BCUT2D eigenvalue weighted by Gasteiger charge is -1.45. The molecular formula is CHF2IO. The molecule has 0 unspecified atom stereocenters. The van der Waals surface area contributed by atoms with E-state index in [4.69, 9.17) is 4.79 Å². The molecule has 0 rings (SSSR count). The van der Waals surface area contributed by atoms with Crippen LogP contribution in [0.5, 0.6) is 0 Å². The van der Waals surface area contributed by atoms with Crippen molar-refractivity contribution in [3.63, 3.8) is 0 Å². The molecule has 0 atom stereocenters. The highest BCUT2D eigenvalue weighted by molar-refractivity contribution is 14.0. The minimum absolute atomic E-state index is 0. The van der Waals surface area contributed by atoms with Crippen molar-refractivity contribution in [1.82, 2.24) is 0 Å². The average Bonchev–Trinajstić information content (AvgIpc) is 0.811. The Kier molecular flexibility index (Phi) is 7.65. The summed E-state index contributed by atoms with van der Waals surface area (Å²) in [6, 6.07) is 0. The van der Waals surface area contributed by atoms with Gasteiger partial charge >= 0.3 is 6.29 Å². The summed E-state index contributed by atoms with van der Waals surface area (Å²) in [5.41, 5.74) is 0. The van der Waals surface area contributed by atoms with Gasteiger partial charge in [-0.25, -0.2) is 4.79 Å². The Labute approximate surface area is 44.4 Å². The zero-order valence-electron chi connectivity index (χ0n) is 2.07. The molecule has 0 aromatic heterocycles. The van der Waals surface area contributed by atoms with Gasteiger partial charge in [0.25, 0.3) is 0 Å². The van der Waals surface area contributed by atoms with Crippen LogP contribution in [0, 0.1) is 0 Å². The maximum Gasteiger partial charge on any atom is 0.483 e. The van der Waals surface area contributed by atoms with Crippen molar-refractivity contribution in [3.05, 3.63) is 0 Å². The minimum atomic E-state index is -2.83. The van der Waals surface area contributed by atoms with Gasteiger partial charge < -0.3 is 0 Å². The molecule has 5 heavy (non-hydrogen) atoms. The van der Waals surface area contributed by atoms with Crippen LogP contribution in [0.25, 0.3) is 0 Å². The molecule has 0 spiro atoms. The van der Waals surface area contributed by atoms with Crippen LogP contribution >= 0.6 is 24.0 Å². The van der Waals surface area contributed by atoms with Crippen LogP contribution in [0.3, 0.4) is 0 Å². The quantitative estimate of drug-likeness (QED) is 0.423. The van der Waals surface area contributed by atoms with Gasteiger partial charge in [0.15, 0.2) is 0 Å². The summed E-state index contributed by atoms with van der Waals surface area (Å²) in [5.74, 6) is 0. The molecule has 0 heterocycles. The summed E-state index contributed by atoms with van der Waals surface area (Å²) in [6.07, 6.45) is -2.83. The summed E-state index contributed by atoms with van der Waals surface area (Å²) in [4.78, 5) is 8.11. The van der Waals surface area contributed by atoms with Crippen molar-refractivity contribution in [1.29, 1.82) is 0 Å². The van der Waals surface area contributed by atoms with E-state index in [1.165, 1.54) is 0 Å². The fourth-order valence-electron chi connectivity index (χ4n) is 0. The largest absolute Gasteiger partial charge is 0.483 e. The average molecular weight is 194 g/mol. The maximum absolute atomic E-state index is 9.69. The van der Waals surface area contributed by atoms with Crippen LogP contribution in [-0.4, -0.2) is 6.29 Å². The minimum Gasteiger partial charge on any atom is -0.219 e. The number of rotatable bonds is 0.